The van der Waals surface area contributed by atoms with Gasteiger partial charge >= 0.3 is 0 Å². The monoisotopic (exact) mass is 227 g/mol. The summed E-state index contributed by atoms with van der Waals surface area (Å²) in [4.78, 5) is 4.49. The second-order valence-electron chi connectivity index (χ2n) is 5.23. The van der Waals surface area contributed by atoms with E-state index in [1.54, 1.807) is 12.1 Å². The van der Waals surface area contributed by atoms with E-state index in [0.29, 0.717) is 0 Å². The molecule has 2 heteroatoms. The van der Waals surface area contributed by atoms with Crippen LogP contribution in [-0.2, 0) is 5.41 Å². The van der Waals surface area contributed by atoms with Crippen molar-refractivity contribution in [2.45, 2.75) is 26.2 Å². The number of phenolic OH excluding ortho intramolecular Hbond substituents is 1. The SMILES string of the molecule is CC(C)(C)c1ccc(-c2ccc(O)cc2)cn1. The van der Waals surface area contributed by atoms with Crippen LogP contribution in [0.3, 0.4) is 0 Å². The highest BCUT2D eigenvalue weighted by Crippen LogP contribution is 2.24. The predicted molar refractivity (Wildman–Crippen MR) is 70.0 cm³/mol. The highest BCUT2D eigenvalue weighted by atomic mass is 16.3. The van der Waals surface area contributed by atoms with Crippen molar-refractivity contribution in [2.24, 2.45) is 0 Å². The van der Waals surface area contributed by atoms with Crippen LogP contribution < -0.4 is 0 Å². The molecule has 0 aliphatic heterocycles. The summed E-state index contributed by atoms with van der Waals surface area (Å²) >= 11 is 0. The molecule has 0 saturated heterocycles. The average molecular weight is 227 g/mol. The van der Waals surface area contributed by atoms with Crippen molar-refractivity contribution in [3.05, 3.63) is 48.3 Å². The third-order valence-electron chi connectivity index (χ3n) is 2.73. The number of hydrogen-bond donors (Lipinski definition) is 1. The van der Waals surface area contributed by atoms with E-state index >= 15 is 0 Å². The Labute approximate surface area is 102 Å². The van der Waals surface area contributed by atoms with Gasteiger partial charge in [-0.3, -0.25) is 4.98 Å². The van der Waals surface area contributed by atoms with Gasteiger partial charge in [0.05, 0.1) is 0 Å². The summed E-state index contributed by atoms with van der Waals surface area (Å²) in [5.74, 6) is 0.285. The summed E-state index contributed by atoms with van der Waals surface area (Å²) in [5.41, 5.74) is 3.29. The molecule has 0 saturated carbocycles. The van der Waals surface area contributed by atoms with Crippen LogP contribution in [0.1, 0.15) is 26.5 Å². The Morgan fingerprint density at radius 1 is 0.882 bits per heavy atom. The number of benzene rings is 1. The lowest BCUT2D eigenvalue weighted by Gasteiger charge is -2.17. The van der Waals surface area contributed by atoms with E-state index in [1.807, 2.05) is 18.3 Å². The first-order valence-corrected chi connectivity index (χ1v) is 5.73. The van der Waals surface area contributed by atoms with E-state index in [2.05, 4.69) is 37.9 Å². The second-order valence-corrected chi connectivity index (χ2v) is 5.23. The molecule has 0 spiro atoms. The normalized spacial score (nSPS) is 11.5. The molecule has 0 radical (unpaired) electrons. The summed E-state index contributed by atoms with van der Waals surface area (Å²) < 4.78 is 0. The predicted octanol–water partition coefficient (Wildman–Crippen LogP) is 3.75. The van der Waals surface area contributed by atoms with Gasteiger partial charge in [0.2, 0.25) is 0 Å². The summed E-state index contributed by atoms with van der Waals surface area (Å²) in [6.45, 7) is 6.45. The summed E-state index contributed by atoms with van der Waals surface area (Å²) in [6, 6.07) is 11.3. The first kappa shape index (κ1) is 11.6. The first-order chi connectivity index (χ1) is 7.97. The van der Waals surface area contributed by atoms with E-state index < -0.39 is 0 Å². The maximum atomic E-state index is 9.24. The van der Waals surface area contributed by atoms with E-state index in [0.717, 1.165) is 16.8 Å². The molecular formula is C15H17NO. The molecule has 0 aliphatic rings. The third-order valence-corrected chi connectivity index (χ3v) is 2.73. The topological polar surface area (TPSA) is 33.1 Å². The van der Waals surface area contributed by atoms with Gasteiger partial charge in [0.1, 0.15) is 5.75 Å². The van der Waals surface area contributed by atoms with Crippen molar-refractivity contribution in [2.75, 3.05) is 0 Å². The van der Waals surface area contributed by atoms with Gasteiger partial charge in [-0.1, -0.05) is 39.0 Å². The van der Waals surface area contributed by atoms with Gasteiger partial charge in [0.15, 0.2) is 0 Å². The number of aromatic nitrogens is 1. The quantitative estimate of drug-likeness (QED) is 0.804. The Morgan fingerprint density at radius 3 is 1.94 bits per heavy atom. The number of hydrogen-bond acceptors (Lipinski definition) is 2. The Bertz CT molecular complexity index is 492. The molecule has 1 aromatic carbocycles. The third kappa shape index (κ3) is 2.64. The molecule has 17 heavy (non-hydrogen) atoms. The minimum Gasteiger partial charge on any atom is -0.508 e. The highest BCUT2D eigenvalue weighted by Gasteiger charge is 2.14. The fourth-order valence-electron chi connectivity index (χ4n) is 1.66. The van der Waals surface area contributed by atoms with Crippen molar-refractivity contribution >= 4 is 0 Å². The molecule has 1 N–H and O–H groups in total. The van der Waals surface area contributed by atoms with Crippen LogP contribution in [0.5, 0.6) is 5.75 Å². The Balaban J connectivity index is 2.33. The van der Waals surface area contributed by atoms with Crippen molar-refractivity contribution in [3.63, 3.8) is 0 Å². The Kier molecular flexibility index (Phi) is 2.88. The molecule has 2 aromatic rings. The Morgan fingerprint density at radius 2 is 1.47 bits per heavy atom. The maximum absolute atomic E-state index is 9.24. The lowest BCUT2D eigenvalue weighted by atomic mass is 9.91. The van der Waals surface area contributed by atoms with Gasteiger partial charge in [-0.05, 0) is 23.8 Å². The molecule has 1 heterocycles. The second kappa shape index (κ2) is 4.21. The molecule has 0 bridgehead atoms. The first-order valence-electron chi connectivity index (χ1n) is 5.73. The minimum absolute atomic E-state index is 0.0769. The lowest BCUT2D eigenvalue weighted by Crippen LogP contribution is -2.12. The molecule has 2 nitrogen and oxygen atoms in total. The molecule has 2 rings (SSSR count). The number of pyridine rings is 1. The fraction of sp³-hybridized carbons (Fsp3) is 0.267. The molecule has 88 valence electrons. The van der Waals surface area contributed by atoms with E-state index in [9.17, 15) is 5.11 Å². The number of phenols is 1. The van der Waals surface area contributed by atoms with Crippen LogP contribution in [0.4, 0.5) is 0 Å². The zero-order valence-corrected chi connectivity index (χ0v) is 10.4. The summed E-state index contributed by atoms with van der Waals surface area (Å²) in [5, 5.41) is 9.24. The summed E-state index contributed by atoms with van der Waals surface area (Å²) in [7, 11) is 0. The van der Waals surface area contributed by atoms with Crippen LogP contribution in [0.15, 0.2) is 42.6 Å². The molecule has 0 amide bonds. The van der Waals surface area contributed by atoms with E-state index in [4.69, 9.17) is 0 Å². The van der Waals surface area contributed by atoms with Crippen molar-refractivity contribution in [3.8, 4) is 16.9 Å². The van der Waals surface area contributed by atoms with E-state index in [1.165, 1.54) is 0 Å². The molecule has 0 unspecified atom stereocenters. The zero-order chi connectivity index (χ0) is 12.5. The highest BCUT2D eigenvalue weighted by molar-refractivity contribution is 5.63. The van der Waals surface area contributed by atoms with Crippen LogP contribution in [0.2, 0.25) is 0 Å². The molecular weight excluding hydrogens is 210 g/mol. The zero-order valence-electron chi connectivity index (χ0n) is 10.4. The van der Waals surface area contributed by atoms with Crippen molar-refractivity contribution in [1.29, 1.82) is 0 Å². The molecule has 1 aromatic heterocycles. The molecule has 0 aliphatic carbocycles. The number of rotatable bonds is 1. The van der Waals surface area contributed by atoms with Crippen LogP contribution in [-0.4, -0.2) is 10.1 Å². The largest absolute Gasteiger partial charge is 0.508 e. The molecule has 0 atom stereocenters. The standard InChI is InChI=1S/C15H17NO/c1-15(2,3)14-9-6-12(10-16-14)11-4-7-13(17)8-5-11/h4-10,17H,1-3H3. The number of nitrogens with zero attached hydrogens (tertiary/aromatic N) is 1. The van der Waals surface area contributed by atoms with Gasteiger partial charge in [0, 0.05) is 22.9 Å². The van der Waals surface area contributed by atoms with Gasteiger partial charge in [-0.2, -0.15) is 0 Å². The van der Waals surface area contributed by atoms with Gasteiger partial charge in [-0.25, -0.2) is 0 Å². The van der Waals surface area contributed by atoms with Crippen molar-refractivity contribution < 1.29 is 5.11 Å². The summed E-state index contributed by atoms with van der Waals surface area (Å²) in [6.07, 6.45) is 1.88. The molecule has 0 fully saturated rings. The fourth-order valence-corrected chi connectivity index (χ4v) is 1.66. The van der Waals surface area contributed by atoms with E-state index in [-0.39, 0.29) is 11.2 Å². The van der Waals surface area contributed by atoms with Crippen molar-refractivity contribution in [1.82, 2.24) is 4.98 Å². The smallest absolute Gasteiger partial charge is 0.115 e. The van der Waals surface area contributed by atoms with Crippen LogP contribution in [0, 0.1) is 0 Å². The Hall–Kier alpha value is -1.83. The maximum Gasteiger partial charge on any atom is 0.115 e. The van der Waals surface area contributed by atoms with Gasteiger partial charge < -0.3 is 5.11 Å². The minimum atomic E-state index is 0.0769. The van der Waals surface area contributed by atoms with Gasteiger partial charge in [0.25, 0.3) is 0 Å². The average Bonchev–Trinajstić information content (AvgIpc) is 2.29. The van der Waals surface area contributed by atoms with Crippen LogP contribution >= 0.6 is 0 Å². The lowest BCUT2D eigenvalue weighted by molar-refractivity contribution is 0.475. The van der Waals surface area contributed by atoms with Gasteiger partial charge in [-0.15, -0.1) is 0 Å². The van der Waals surface area contributed by atoms with Crippen LogP contribution in [0.25, 0.3) is 11.1 Å². The number of aromatic hydroxyl groups is 1.